The van der Waals surface area contributed by atoms with Crippen molar-refractivity contribution in [1.29, 1.82) is 0 Å². The van der Waals surface area contributed by atoms with E-state index in [0.29, 0.717) is 28.6 Å². The highest BCUT2D eigenvalue weighted by atomic mass is 16.3. The Morgan fingerprint density at radius 2 is 1.87 bits per heavy atom. The third-order valence-corrected chi connectivity index (χ3v) is 5.56. The maximum Gasteiger partial charge on any atom is 0.294 e. The maximum absolute atomic E-state index is 12.9. The average Bonchev–Trinajstić information content (AvgIpc) is 3.14. The van der Waals surface area contributed by atoms with Crippen molar-refractivity contribution in [3.63, 3.8) is 0 Å². The van der Waals surface area contributed by atoms with E-state index in [1.54, 1.807) is 30.6 Å². The Morgan fingerprint density at radius 1 is 1.07 bits per heavy atom. The Kier molecular flexibility index (Phi) is 5.76. The van der Waals surface area contributed by atoms with Crippen LogP contribution >= 0.6 is 0 Å². The minimum Gasteiger partial charge on any atom is -0.447 e. The van der Waals surface area contributed by atoms with Crippen LogP contribution in [0, 0.1) is 12.8 Å². The molecular formula is C22H25N5O3. The van der Waals surface area contributed by atoms with Crippen LogP contribution in [0.25, 0.3) is 11.1 Å². The number of hydrogen-bond donors (Lipinski definition) is 3. The topological polar surface area (TPSA) is 109 Å². The molecule has 0 saturated heterocycles. The normalized spacial score (nSPS) is 18.9. The summed E-state index contributed by atoms with van der Waals surface area (Å²) in [4.78, 5) is 34.3. The van der Waals surface area contributed by atoms with Crippen LogP contribution in [0.2, 0.25) is 0 Å². The number of fused-ring (bicyclic) bond motifs is 1. The fraction of sp³-hybridized carbons (Fsp3) is 0.364. The summed E-state index contributed by atoms with van der Waals surface area (Å²) < 4.78 is 5.75. The van der Waals surface area contributed by atoms with Gasteiger partial charge in [-0.3, -0.25) is 14.6 Å². The predicted octanol–water partition coefficient (Wildman–Crippen LogP) is 3.50. The van der Waals surface area contributed by atoms with Gasteiger partial charge in [0, 0.05) is 24.4 Å². The van der Waals surface area contributed by atoms with Gasteiger partial charge in [-0.15, -0.1) is 0 Å². The Labute approximate surface area is 174 Å². The van der Waals surface area contributed by atoms with Gasteiger partial charge in [-0.25, -0.2) is 4.98 Å². The van der Waals surface area contributed by atoms with Crippen LogP contribution in [0.3, 0.4) is 0 Å². The van der Waals surface area contributed by atoms with Crippen LogP contribution in [0.15, 0.2) is 41.1 Å². The van der Waals surface area contributed by atoms with Crippen LogP contribution in [0.4, 0.5) is 11.5 Å². The number of aryl methyl sites for hydroxylation is 1. The molecule has 4 rings (SSSR count). The molecule has 3 heterocycles. The van der Waals surface area contributed by atoms with Gasteiger partial charge >= 0.3 is 0 Å². The van der Waals surface area contributed by atoms with E-state index in [1.165, 1.54) is 0 Å². The summed E-state index contributed by atoms with van der Waals surface area (Å²) in [6, 6.07) is 7.46. The SMILES string of the molecule is CNC1CCC(C(=O)Nc2c(C(=O)Nc3ccc(C)cn3)oc3cccnc23)CC1. The number of anilines is 2. The molecule has 0 atom stereocenters. The first kappa shape index (κ1) is 20.0. The number of carbonyl (C=O) groups is 2. The van der Waals surface area contributed by atoms with E-state index in [9.17, 15) is 9.59 Å². The number of nitrogens with one attached hydrogen (secondary N) is 3. The maximum atomic E-state index is 12.9. The van der Waals surface area contributed by atoms with Crippen LogP contribution in [0.5, 0.6) is 0 Å². The molecule has 0 spiro atoms. The molecular weight excluding hydrogens is 382 g/mol. The van der Waals surface area contributed by atoms with Gasteiger partial charge in [-0.2, -0.15) is 0 Å². The van der Waals surface area contributed by atoms with Crippen molar-refractivity contribution in [3.8, 4) is 0 Å². The summed E-state index contributed by atoms with van der Waals surface area (Å²) >= 11 is 0. The fourth-order valence-electron chi connectivity index (χ4n) is 3.79. The second-order valence-corrected chi connectivity index (χ2v) is 7.66. The lowest BCUT2D eigenvalue weighted by atomic mass is 9.85. The van der Waals surface area contributed by atoms with E-state index in [4.69, 9.17) is 4.42 Å². The smallest absolute Gasteiger partial charge is 0.294 e. The molecule has 1 aliphatic rings. The molecule has 3 aromatic rings. The van der Waals surface area contributed by atoms with E-state index < -0.39 is 5.91 Å². The molecule has 0 bridgehead atoms. The second kappa shape index (κ2) is 8.62. The molecule has 0 radical (unpaired) electrons. The average molecular weight is 407 g/mol. The first-order valence-corrected chi connectivity index (χ1v) is 10.1. The van der Waals surface area contributed by atoms with Crippen molar-refractivity contribution >= 4 is 34.4 Å². The van der Waals surface area contributed by atoms with Crippen molar-refractivity contribution in [3.05, 3.63) is 48.0 Å². The number of pyridine rings is 2. The van der Waals surface area contributed by atoms with Crippen LogP contribution in [0.1, 0.15) is 41.8 Å². The Bertz CT molecular complexity index is 1050. The summed E-state index contributed by atoms with van der Waals surface area (Å²) in [5, 5.41) is 8.91. The molecule has 30 heavy (non-hydrogen) atoms. The van der Waals surface area contributed by atoms with Gasteiger partial charge in [0.2, 0.25) is 11.7 Å². The lowest BCUT2D eigenvalue weighted by Gasteiger charge is -2.27. The zero-order valence-electron chi connectivity index (χ0n) is 17.1. The highest BCUT2D eigenvalue weighted by molar-refractivity contribution is 6.13. The van der Waals surface area contributed by atoms with Gasteiger partial charge in [0.05, 0.1) is 0 Å². The van der Waals surface area contributed by atoms with Crippen molar-refractivity contribution in [1.82, 2.24) is 15.3 Å². The van der Waals surface area contributed by atoms with Crippen molar-refractivity contribution in [2.24, 2.45) is 5.92 Å². The number of hydrogen-bond acceptors (Lipinski definition) is 6. The largest absolute Gasteiger partial charge is 0.447 e. The number of rotatable bonds is 5. The molecule has 0 unspecified atom stereocenters. The molecule has 1 aliphatic carbocycles. The zero-order valence-corrected chi connectivity index (χ0v) is 17.1. The molecule has 8 heteroatoms. The lowest BCUT2D eigenvalue weighted by molar-refractivity contribution is -0.120. The Hall–Kier alpha value is -3.26. The summed E-state index contributed by atoms with van der Waals surface area (Å²) in [6.07, 6.45) is 6.77. The lowest BCUT2D eigenvalue weighted by Crippen LogP contribution is -2.34. The van der Waals surface area contributed by atoms with Gasteiger partial charge in [-0.05, 0) is 63.4 Å². The highest BCUT2D eigenvalue weighted by Gasteiger charge is 2.29. The number of amides is 2. The second-order valence-electron chi connectivity index (χ2n) is 7.66. The first-order chi connectivity index (χ1) is 14.5. The molecule has 8 nitrogen and oxygen atoms in total. The first-order valence-electron chi connectivity index (χ1n) is 10.1. The number of furan rings is 1. The molecule has 0 aliphatic heterocycles. The van der Waals surface area contributed by atoms with E-state index in [-0.39, 0.29) is 17.6 Å². The molecule has 1 fully saturated rings. The summed E-state index contributed by atoms with van der Waals surface area (Å²) in [5.74, 6) is -0.276. The Balaban J connectivity index is 1.58. The fourth-order valence-corrected chi connectivity index (χ4v) is 3.79. The van der Waals surface area contributed by atoms with Gasteiger partial charge in [-0.1, -0.05) is 6.07 Å². The van der Waals surface area contributed by atoms with Crippen LogP contribution < -0.4 is 16.0 Å². The van der Waals surface area contributed by atoms with E-state index in [0.717, 1.165) is 31.2 Å². The van der Waals surface area contributed by atoms with Crippen molar-refractivity contribution in [2.75, 3.05) is 17.7 Å². The molecule has 3 N–H and O–H groups in total. The molecule has 0 aromatic carbocycles. The van der Waals surface area contributed by atoms with Gasteiger partial charge < -0.3 is 20.4 Å². The minimum absolute atomic E-state index is 0.0170. The zero-order chi connectivity index (χ0) is 21.1. The van der Waals surface area contributed by atoms with E-state index in [2.05, 4.69) is 25.9 Å². The predicted molar refractivity (Wildman–Crippen MR) is 114 cm³/mol. The van der Waals surface area contributed by atoms with Crippen LogP contribution in [-0.4, -0.2) is 34.9 Å². The van der Waals surface area contributed by atoms with E-state index in [1.807, 2.05) is 20.0 Å². The third-order valence-electron chi connectivity index (χ3n) is 5.56. The standard InChI is InChI=1S/C22H25N5O3/c1-13-5-10-17(25-12-13)26-22(29)20-19(18-16(30-20)4-3-11-24-18)27-21(28)14-6-8-15(23-2)9-7-14/h3-5,10-12,14-15,23H,6-9H2,1-2H3,(H,27,28)(H,25,26,29). The van der Waals surface area contributed by atoms with Crippen molar-refractivity contribution in [2.45, 2.75) is 38.6 Å². The highest BCUT2D eigenvalue weighted by Crippen LogP contribution is 2.32. The summed E-state index contributed by atoms with van der Waals surface area (Å²) in [6.45, 7) is 1.92. The molecule has 2 amide bonds. The Morgan fingerprint density at radius 3 is 2.57 bits per heavy atom. The van der Waals surface area contributed by atoms with Crippen LogP contribution in [-0.2, 0) is 4.79 Å². The monoisotopic (exact) mass is 407 g/mol. The molecule has 1 saturated carbocycles. The quantitative estimate of drug-likeness (QED) is 0.597. The van der Waals surface area contributed by atoms with E-state index >= 15 is 0 Å². The number of carbonyl (C=O) groups excluding carboxylic acids is 2. The number of aromatic nitrogens is 2. The summed E-state index contributed by atoms with van der Waals surface area (Å²) in [7, 11) is 1.95. The van der Waals surface area contributed by atoms with Crippen molar-refractivity contribution < 1.29 is 14.0 Å². The van der Waals surface area contributed by atoms with Gasteiger partial charge in [0.25, 0.3) is 5.91 Å². The van der Waals surface area contributed by atoms with Gasteiger partial charge in [0.1, 0.15) is 17.0 Å². The minimum atomic E-state index is -0.487. The van der Waals surface area contributed by atoms with Gasteiger partial charge in [0.15, 0.2) is 5.58 Å². The third kappa shape index (κ3) is 4.18. The molecule has 3 aromatic heterocycles. The number of nitrogens with zero attached hydrogens (tertiary/aromatic N) is 2. The summed E-state index contributed by atoms with van der Waals surface area (Å²) in [5.41, 5.74) is 2.18. The molecule has 156 valence electrons.